The Morgan fingerprint density at radius 1 is 1.05 bits per heavy atom. The molecular formula is C28H28FN3O5S2. The number of carbonyl (C=O) groups excluding carboxylic acids is 3. The zero-order valence-electron chi connectivity index (χ0n) is 21.2. The Hall–Kier alpha value is -3.41. The fourth-order valence-corrected chi connectivity index (χ4v) is 7.32. The molecule has 0 spiro atoms. The van der Waals surface area contributed by atoms with Gasteiger partial charge in [-0.2, -0.15) is 0 Å². The number of rotatable bonds is 10. The smallest absolute Gasteiger partial charge is 0.265 e. The van der Waals surface area contributed by atoms with E-state index in [0.717, 1.165) is 54.2 Å². The fraction of sp³-hybridized carbons (Fsp3) is 0.321. The second-order valence-electron chi connectivity index (χ2n) is 9.75. The molecule has 2 aromatic carbocycles. The summed E-state index contributed by atoms with van der Waals surface area (Å²) in [4.78, 5) is 41.8. The third-order valence-corrected chi connectivity index (χ3v) is 10.1. The van der Waals surface area contributed by atoms with Gasteiger partial charge in [0.15, 0.2) is 15.6 Å². The molecule has 11 heteroatoms. The van der Waals surface area contributed by atoms with Gasteiger partial charge < -0.3 is 10.2 Å². The quantitative estimate of drug-likeness (QED) is 0.371. The van der Waals surface area contributed by atoms with Crippen LogP contribution >= 0.6 is 11.3 Å². The molecule has 0 saturated carbocycles. The predicted octanol–water partition coefficient (Wildman–Crippen LogP) is 3.71. The first-order valence-corrected chi connectivity index (χ1v) is 15.3. The van der Waals surface area contributed by atoms with Crippen LogP contribution in [0.1, 0.15) is 34.3 Å². The number of nitrogens with zero attached hydrogens (tertiary/aromatic N) is 2. The molecule has 1 saturated heterocycles. The number of hydrogen-bond donors (Lipinski definition) is 1. The average Bonchev–Trinajstić information content (AvgIpc) is 3.60. The molecular weight excluding hydrogens is 541 g/mol. The van der Waals surface area contributed by atoms with Crippen molar-refractivity contribution in [3.8, 4) is 0 Å². The lowest BCUT2D eigenvalue weighted by Gasteiger charge is -2.27. The molecule has 3 aromatic rings. The van der Waals surface area contributed by atoms with E-state index in [1.54, 1.807) is 29.6 Å². The second-order valence-corrected chi connectivity index (χ2v) is 12.9. The maximum Gasteiger partial charge on any atom is 0.265 e. The minimum atomic E-state index is -3.76. The first-order chi connectivity index (χ1) is 18.7. The van der Waals surface area contributed by atoms with E-state index < -0.39 is 39.0 Å². The Kier molecular flexibility index (Phi) is 7.92. The Balaban J connectivity index is 1.25. The summed E-state index contributed by atoms with van der Waals surface area (Å²) in [6.07, 6.45) is 2.10. The van der Waals surface area contributed by atoms with E-state index in [1.807, 2.05) is 0 Å². The summed E-state index contributed by atoms with van der Waals surface area (Å²) in [7, 11) is -3.76. The molecule has 8 nitrogen and oxygen atoms in total. The third-order valence-electron chi connectivity index (χ3n) is 6.89. The zero-order valence-corrected chi connectivity index (χ0v) is 22.8. The lowest BCUT2D eigenvalue weighted by molar-refractivity contribution is -0.118. The molecule has 1 aromatic heterocycles. The van der Waals surface area contributed by atoms with Crippen molar-refractivity contribution in [3.63, 3.8) is 0 Å². The molecule has 1 fully saturated rings. The second kappa shape index (κ2) is 11.4. The summed E-state index contributed by atoms with van der Waals surface area (Å²) in [5.41, 5.74) is 1.79. The molecule has 3 heterocycles. The lowest BCUT2D eigenvalue weighted by Crippen LogP contribution is -2.43. The van der Waals surface area contributed by atoms with Crippen LogP contribution in [0.15, 0.2) is 58.1 Å². The van der Waals surface area contributed by atoms with Gasteiger partial charge in [-0.05, 0) is 78.8 Å². The molecule has 2 aliphatic rings. The van der Waals surface area contributed by atoms with E-state index in [2.05, 4.69) is 10.2 Å². The van der Waals surface area contributed by atoms with Crippen LogP contribution in [0.3, 0.4) is 0 Å². The highest BCUT2D eigenvalue weighted by atomic mass is 32.2. The van der Waals surface area contributed by atoms with Gasteiger partial charge in [0.1, 0.15) is 15.8 Å². The van der Waals surface area contributed by atoms with Crippen LogP contribution in [0.4, 0.5) is 15.8 Å². The van der Waals surface area contributed by atoms with Gasteiger partial charge in [-0.3, -0.25) is 14.4 Å². The van der Waals surface area contributed by atoms with E-state index >= 15 is 4.39 Å². The van der Waals surface area contributed by atoms with E-state index in [9.17, 15) is 22.8 Å². The largest absolute Gasteiger partial charge is 0.384 e. The molecule has 0 atom stereocenters. The number of imide groups is 1. The Morgan fingerprint density at radius 3 is 2.56 bits per heavy atom. The number of ketones is 1. The van der Waals surface area contributed by atoms with Gasteiger partial charge in [-0.15, -0.1) is 11.3 Å². The van der Waals surface area contributed by atoms with Gasteiger partial charge in [0.2, 0.25) is 5.91 Å². The highest BCUT2D eigenvalue weighted by Gasteiger charge is 2.34. The summed E-state index contributed by atoms with van der Waals surface area (Å²) in [5.74, 6) is -3.28. The summed E-state index contributed by atoms with van der Waals surface area (Å²) in [5, 5.41) is 4.95. The average molecular weight is 570 g/mol. The Labute approximate surface area is 230 Å². The van der Waals surface area contributed by atoms with E-state index in [1.165, 1.54) is 31.0 Å². The van der Waals surface area contributed by atoms with Crippen LogP contribution in [0.2, 0.25) is 0 Å². The molecule has 39 heavy (non-hydrogen) atoms. The number of halogens is 1. The molecule has 2 aliphatic heterocycles. The van der Waals surface area contributed by atoms with Crippen molar-refractivity contribution in [2.24, 2.45) is 0 Å². The number of likely N-dealkylation sites (tertiary alicyclic amines) is 1. The van der Waals surface area contributed by atoms with Gasteiger partial charge in [0.05, 0.1) is 12.1 Å². The Morgan fingerprint density at radius 2 is 1.85 bits per heavy atom. The number of fused-ring (bicyclic) bond motifs is 1. The van der Waals surface area contributed by atoms with Crippen LogP contribution in [0, 0.1) is 5.82 Å². The van der Waals surface area contributed by atoms with Crippen molar-refractivity contribution in [2.45, 2.75) is 29.9 Å². The summed E-state index contributed by atoms with van der Waals surface area (Å²) in [6.45, 7) is 3.90. The van der Waals surface area contributed by atoms with Crippen LogP contribution in [-0.4, -0.2) is 62.8 Å². The van der Waals surface area contributed by atoms with Crippen LogP contribution in [0.5, 0.6) is 0 Å². The minimum absolute atomic E-state index is 0.0526. The minimum Gasteiger partial charge on any atom is -0.384 e. The maximum atomic E-state index is 15.1. The molecule has 0 radical (unpaired) electrons. The van der Waals surface area contributed by atoms with Crippen molar-refractivity contribution in [1.29, 1.82) is 0 Å². The standard InChI is InChI=1S/C28H28FN3O5S2/c29-24-15-19(14-22(33)18-39(36,37)27-4-3-13-38-27)5-8-25(24)32-26(34)17-20-16-21(6-7-23(20)28(32)35)30-9-12-31-10-1-2-11-31/h3-8,13,15-16,30H,1-2,9-12,14,17-18H2. The Bertz CT molecular complexity index is 1520. The molecule has 0 bridgehead atoms. The van der Waals surface area contributed by atoms with Gasteiger partial charge in [-0.1, -0.05) is 12.1 Å². The fourth-order valence-electron chi connectivity index (χ4n) is 4.99. The SMILES string of the molecule is O=C(Cc1ccc(N2C(=O)Cc3cc(NCCN4CCCC4)ccc3C2=O)c(F)c1)CS(=O)(=O)c1cccs1. The highest BCUT2D eigenvalue weighted by Crippen LogP contribution is 2.30. The topological polar surface area (TPSA) is 104 Å². The van der Waals surface area contributed by atoms with Crippen LogP contribution < -0.4 is 10.2 Å². The maximum absolute atomic E-state index is 15.1. The number of amides is 2. The monoisotopic (exact) mass is 569 g/mol. The summed E-state index contributed by atoms with van der Waals surface area (Å²) < 4.78 is 39.9. The van der Waals surface area contributed by atoms with Crippen molar-refractivity contribution in [3.05, 3.63) is 76.4 Å². The number of anilines is 2. The number of carbonyl (C=O) groups is 3. The van der Waals surface area contributed by atoms with Crippen LogP contribution in [-0.2, 0) is 32.3 Å². The number of hydrogen-bond acceptors (Lipinski definition) is 8. The number of Topliss-reactive ketones (excluding diaryl/α,β-unsaturated/α-hetero) is 1. The van der Waals surface area contributed by atoms with E-state index in [0.29, 0.717) is 11.1 Å². The van der Waals surface area contributed by atoms with Gasteiger partial charge in [-0.25, -0.2) is 17.7 Å². The predicted molar refractivity (Wildman–Crippen MR) is 148 cm³/mol. The normalized spacial score (nSPS) is 16.0. The van der Waals surface area contributed by atoms with Crippen molar-refractivity contribution in [1.82, 2.24) is 4.90 Å². The molecule has 2 amide bonds. The molecule has 0 unspecified atom stereocenters. The lowest BCUT2D eigenvalue weighted by atomic mass is 9.96. The first kappa shape index (κ1) is 27.2. The summed E-state index contributed by atoms with van der Waals surface area (Å²) in [6, 6.07) is 12.0. The molecule has 0 aliphatic carbocycles. The highest BCUT2D eigenvalue weighted by molar-refractivity contribution is 7.94. The van der Waals surface area contributed by atoms with Gasteiger partial charge >= 0.3 is 0 Å². The zero-order chi connectivity index (χ0) is 27.6. The van der Waals surface area contributed by atoms with Gasteiger partial charge in [0, 0.05) is 30.8 Å². The van der Waals surface area contributed by atoms with Crippen LogP contribution in [0.25, 0.3) is 0 Å². The van der Waals surface area contributed by atoms with Crippen molar-refractivity contribution < 1.29 is 27.2 Å². The summed E-state index contributed by atoms with van der Waals surface area (Å²) >= 11 is 1.03. The van der Waals surface area contributed by atoms with E-state index in [-0.39, 0.29) is 28.3 Å². The molecule has 1 N–H and O–H groups in total. The van der Waals surface area contributed by atoms with E-state index in [4.69, 9.17) is 0 Å². The number of nitrogens with one attached hydrogen (secondary N) is 1. The number of benzene rings is 2. The molecule has 5 rings (SSSR count). The van der Waals surface area contributed by atoms with Crippen molar-refractivity contribution in [2.75, 3.05) is 42.1 Å². The first-order valence-electron chi connectivity index (χ1n) is 12.7. The molecule has 204 valence electrons. The third kappa shape index (κ3) is 6.10. The van der Waals surface area contributed by atoms with Gasteiger partial charge in [0.25, 0.3) is 5.91 Å². The van der Waals surface area contributed by atoms with Crippen molar-refractivity contribution >= 4 is 50.1 Å². The number of thiophene rings is 1. The number of sulfone groups is 1.